The highest BCUT2D eigenvalue weighted by Gasteiger charge is 2.01. The average molecular weight is 206 g/mol. The molecule has 4 heteroatoms. The highest BCUT2D eigenvalue weighted by atomic mass is 32.2. The Labute approximate surface area is 84.1 Å². The lowest BCUT2D eigenvalue weighted by atomic mass is 10.1. The molecule has 0 spiro atoms. The van der Waals surface area contributed by atoms with Gasteiger partial charge in [-0.15, -0.1) is 0 Å². The first-order valence-electron chi connectivity index (χ1n) is 4.12. The number of hydrogen-bond acceptors (Lipinski definition) is 3. The van der Waals surface area contributed by atoms with Gasteiger partial charge in [-0.05, 0) is 41.1 Å². The third kappa shape index (κ3) is 1.54. The van der Waals surface area contributed by atoms with Crippen molar-refractivity contribution in [3.8, 4) is 0 Å². The number of nitrogens with zero attached hydrogens (tertiary/aromatic N) is 1. The average Bonchev–Trinajstić information content (AvgIpc) is 2.16. The molecule has 0 aliphatic rings. The number of pyridine rings is 1. The van der Waals surface area contributed by atoms with E-state index in [9.17, 15) is 8.76 Å². The lowest BCUT2D eigenvalue weighted by molar-refractivity contribution is 0.536. The van der Waals surface area contributed by atoms with E-state index in [0.29, 0.717) is 4.90 Å². The fraction of sp³-hybridized carbons (Fsp3) is 0.100. The molecule has 1 aromatic carbocycles. The third-order valence-electron chi connectivity index (χ3n) is 2.11. The SMILES string of the molecule is Cc1cc2ccncc2cc1S(=O)[O-]. The van der Waals surface area contributed by atoms with Crippen LogP contribution in [0.25, 0.3) is 10.8 Å². The van der Waals surface area contributed by atoms with E-state index in [1.54, 1.807) is 25.4 Å². The summed E-state index contributed by atoms with van der Waals surface area (Å²) >= 11 is -2.17. The minimum absolute atomic E-state index is 0.338. The van der Waals surface area contributed by atoms with Crippen LogP contribution in [0.4, 0.5) is 0 Å². The van der Waals surface area contributed by atoms with Crippen molar-refractivity contribution in [2.45, 2.75) is 11.8 Å². The van der Waals surface area contributed by atoms with Crippen molar-refractivity contribution < 1.29 is 8.76 Å². The predicted octanol–water partition coefficient (Wildman–Crippen LogP) is 1.78. The normalized spacial score (nSPS) is 13.0. The van der Waals surface area contributed by atoms with Crippen LogP contribution in [0.2, 0.25) is 0 Å². The summed E-state index contributed by atoms with van der Waals surface area (Å²) in [6, 6.07) is 5.35. The summed E-state index contributed by atoms with van der Waals surface area (Å²) in [5.41, 5.74) is 0.761. The van der Waals surface area contributed by atoms with Crippen molar-refractivity contribution in [2.75, 3.05) is 0 Å². The maximum absolute atomic E-state index is 10.8. The number of aromatic nitrogens is 1. The number of hydrogen-bond donors (Lipinski definition) is 0. The van der Waals surface area contributed by atoms with Crippen LogP contribution in [0.3, 0.4) is 0 Å². The van der Waals surface area contributed by atoms with Gasteiger partial charge in [0, 0.05) is 22.7 Å². The first-order valence-corrected chi connectivity index (χ1v) is 5.19. The zero-order chi connectivity index (χ0) is 10.1. The first kappa shape index (κ1) is 9.30. The zero-order valence-electron chi connectivity index (χ0n) is 7.56. The predicted molar refractivity (Wildman–Crippen MR) is 53.7 cm³/mol. The van der Waals surface area contributed by atoms with Crippen molar-refractivity contribution in [2.24, 2.45) is 0 Å². The van der Waals surface area contributed by atoms with E-state index < -0.39 is 11.1 Å². The van der Waals surface area contributed by atoms with Gasteiger partial charge in [0.1, 0.15) is 0 Å². The van der Waals surface area contributed by atoms with Gasteiger partial charge in [0.05, 0.1) is 0 Å². The van der Waals surface area contributed by atoms with Gasteiger partial charge in [0.15, 0.2) is 0 Å². The molecule has 1 atom stereocenters. The van der Waals surface area contributed by atoms with Gasteiger partial charge >= 0.3 is 0 Å². The lowest BCUT2D eigenvalue weighted by Crippen LogP contribution is -1.93. The van der Waals surface area contributed by atoms with Crippen LogP contribution in [-0.4, -0.2) is 13.7 Å². The minimum atomic E-state index is -2.17. The lowest BCUT2D eigenvalue weighted by Gasteiger charge is -2.09. The van der Waals surface area contributed by atoms with Gasteiger partial charge in [-0.1, -0.05) is 6.07 Å². The molecule has 0 N–H and O–H groups in total. The van der Waals surface area contributed by atoms with Crippen LogP contribution >= 0.6 is 0 Å². The Bertz CT molecular complexity index is 510. The third-order valence-corrected chi connectivity index (χ3v) is 2.91. The molecule has 0 bridgehead atoms. The summed E-state index contributed by atoms with van der Waals surface area (Å²) in [7, 11) is 0. The van der Waals surface area contributed by atoms with Crippen LogP contribution in [0.15, 0.2) is 35.5 Å². The van der Waals surface area contributed by atoms with Gasteiger partial charge in [0.2, 0.25) is 0 Å². The Morgan fingerprint density at radius 1 is 1.36 bits per heavy atom. The molecule has 0 saturated heterocycles. The van der Waals surface area contributed by atoms with Crippen molar-refractivity contribution in [3.05, 3.63) is 36.2 Å². The Balaban J connectivity index is 2.77. The topological polar surface area (TPSA) is 53.0 Å². The monoisotopic (exact) mass is 206 g/mol. The maximum Gasteiger partial charge on any atom is 0.0346 e. The molecule has 0 fully saturated rings. The van der Waals surface area contributed by atoms with E-state index in [-0.39, 0.29) is 0 Å². The van der Waals surface area contributed by atoms with E-state index in [1.165, 1.54) is 0 Å². The molecule has 1 aromatic heterocycles. The van der Waals surface area contributed by atoms with Crippen LogP contribution in [0.1, 0.15) is 5.56 Å². The molecule has 72 valence electrons. The zero-order valence-corrected chi connectivity index (χ0v) is 8.38. The summed E-state index contributed by atoms with van der Waals surface area (Å²) in [5, 5.41) is 1.85. The quantitative estimate of drug-likeness (QED) is 0.668. The van der Waals surface area contributed by atoms with E-state index in [2.05, 4.69) is 4.98 Å². The van der Waals surface area contributed by atoms with E-state index in [0.717, 1.165) is 16.3 Å². The molecular formula is C10H8NO2S-. The summed E-state index contributed by atoms with van der Waals surface area (Å²) in [6.45, 7) is 1.78. The van der Waals surface area contributed by atoms with Crippen LogP contribution in [0, 0.1) is 6.92 Å². The van der Waals surface area contributed by atoms with Crippen molar-refractivity contribution >= 4 is 21.9 Å². The van der Waals surface area contributed by atoms with Crippen molar-refractivity contribution in [3.63, 3.8) is 0 Å². The molecule has 0 radical (unpaired) electrons. The summed E-state index contributed by atoms with van der Waals surface area (Å²) in [4.78, 5) is 4.28. The largest absolute Gasteiger partial charge is 0.768 e. The van der Waals surface area contributed by atoms with Gasteiger partial charge in [-0.2, -0.15) is 0 Å². The molecular weight excluding hydrogens is 198 g/mol. The second kappa shape index (κ2) is 3.48. The van der Waals surface area contributed by atoms with Crippen molar-refractivity contribution in [1.29, 1.82) is 0 Å². The second-order valence-electron chi connectivity index (χ2n) is 3.08. The maximum atomic E-state index is 10.8. The number of rotatable bonds is 1. The smallest absolute Gasteiger partial charge is 0.0346 e. The fourth-order valence-electron chi connectivity index (χ4n) is 1.41. The fourth-order valence-corrected chi connectivity index (χ4v) is 1.95. The van der Waals surface area contributed by atoms with E-state index >= 15 is 0 Å². The van der Waals surface area contributed by atoms with Crippen LogP contribution in [0.5, 0.6) is 0 Å². The summed E-state index contributed by atoms with van der Waals surface area (Å²) < 4.78 is 21.7. The number of benzene rings is 1. The minimum Gasteiger partial charge on any atom is -0.768 e. The first-order chi connectivity index (χ1) is 6.68. The van der Waals surface area contributed by atoms with Gasteiger partial charge in [0.25, 0.3) is 0 Å². The number of fused-ring (bicyclic) bond motifs is 1. The van der Waals surface area contributed by atoms with Crippen LogP contribution in [-0.2, 0) is 11.1 Å². The summed E-state index contributed by atoms with van der Waals surface area (Å²) in [6.07, 6.45) is 3.35. The highest BCUT2D eigenvalue weighted by molar-refractivity contribution is 7.79. The molecule has 0 aliphatic carbocycles. The van der Waals surface area contributed by atoms with E-state index in [4.69, 9.17) is 0 Å². The van der Waals surface area contributed by atoms with Gasteiger partial charge in [-0.3, -0.25) is 9.19 Å². The molecule has 1 heterocycles. The molecule has 0 saturated carbocycles. The Kier molecular flexibility index (Phi) is 2.31. The molecule has 0 amide bonds. The molecule has 0 aliphatic heterocycles. The molecule has 2 rings (SSSR count). The van der Waals surface area contributed by atoms with E-state index in [1.807, 2.05) is 12.1 Å². The van der Waals surface area contributed by atoms with Crippen LogP contribution < -0.4 is 0 Å². The second-order valence-corrected chi connectivity index (χ2v) is 3.98. The molecule has 14 heavy (non-hydrogen) atoms. The Morgan fingerprint density at radius 3 is 2.86 bits per heavy atom. The molecule has 2 aromatic rings. The standard InChI is InChI=1S/C10H9NO2S/c1-7-4-8-2-3-11-6-9(8)5-10(7)14(12)13/h2-6H,1H3,(H,12,13)/p-1. The van der Waals surface area contributed by atoms with Gasteiger partial charge < -0.3 is 4.55 Å². The Morgan fingerprint density at radius 2 is 2.14 bits per heavy atom. The Hall–Kier alpha value is -1.26. The molecule has 1 unspecified atom stereocenters. The summed E-state index contributed by atoms with van der Waals surface area (Å²) in [5.74, 6) is 0. The van der Waals surface area contributed by atoms with Crippen molar-refractivity contribution in [1.82, 2.24) is 4.98 Å². The highest BCUT2D eigenvalue weighted by Crippen LogP contribution is 2.20. The number of aryl methyl sites for hydroxylation is 1. The molecule has 3 nitrogen and oxygen atoms in total. The van der Waals surface area contributed by atoms with Gasteiger partial charge in [-0.25, -0.2) is 0 Å².